The van der Waals surface area contributed by atoms with E-state index in [1.165, 1.54) is 37.7 Å². The maximum Gasteiger partial charge on any atom is 0.0755 e. The summed E-state index contributed by atoms with van der Waals surface area (Å²) in [6, 6.07) is 4.48. The van der Waals surface area contributed by atoms with Crippen molar-refractivity contribution in [2.24, 2.45) is 5.92 Å². The van der Waals surface area contributed by atoms with Gasteiger partial charge in [-0.1, -0.05) is 19.3 Å². The highest BCUT2D eigenvalue weighted by molar-refractivity contribution is 5.22. The Bertz CT molecular complexity index is 302. The fraction of sp³-hybridized carbons (Fsp3) is 0.583. The van der Waals surface area contributed by atoms with Gasteiger partial charge in [-0.25, -0.2) is 0 Å². The van der Waals surface area contributed by atoms with Gasteiger partial charge in [-0.3, -0.25) is 0 Å². The summed E-state index contributed by atoms with van der Waals surface area (Å²) < 4.78 is 0. The third-order valence-electron chi connectivity index (χ3n) is 3.24. The smallest absolute Gasteiger partial charge is 0.0755 e. The van der Waals surface area contributed by atoms with Crippen molar-refractivity contribution in [3.8, 4) is 6.07 Å². The second kappa shape index (κ2) is 4.32. The van der Waals surface area contributed by atoms with Crippen LogP contribution in [0.1, 0.15) is 43.6 Å². The SMILES string of the molecule is N#CC(c1cc[nH]c1)C1CCCCC1. The predicted octanol–water partition coefficient (Wildman–Crippen LogP) is 3.20. The van der Waals surface area contributed by atoms with Crippen molar-refractivity contribution >= 4 is 0 Å². The molecule has 0 aliphatic heterocycles. The van der Waals surface area contributed by atoms with Gasteiger partial charge in [-0.05, 0) is 30.4 Å². The number of H-pyrrole nitrogens is 1. The van der Waals surface area contributed by atoms with Gasteiger partial charge < -0.3 is 4.98 Å². The van der Waals surface area contributed by atoms with E-state index in [0.29, 0.717) is 5.92 Å². The van der Waals surface area contributed by atoms with Gasteiger partial charge in [0.2, 0.25) is 0 Å². The molecule has 1 saturated carbocycles. The van der Waals surface area contributed by atoms with Crippen LogP contribution in [0, 0.1) is 17.2 Å². The Morgan fingerprint density at radius 3 is 2.71 bits per heavy atom. The Morgan fingerprint density at radius 2 is 2.14 bits per heavy atom. The number of hydrogen-bond acceptors (Lipinski definition) is 1. The second-order valence-corrected chi connectivity index (χ2v) is 4.15. The molecule has 1 aliphatic carbocycles. The molecule has 1 aliphatic rings. The first kappa shape index (κ1) is 9.33. The zero-order valence-corrected chi connectivity index (χ0v) is 8.37. The predicted molar refractivity (Wildman–Crippen MR) is 55.7 cm³/mol. The summed E-state index contributed by atoms with van der Waals surface area (Å²) in [6.45, 7) is 0. The summed E-state index contributed by atoms with van der Waals surface area (Å²) in [7, 11) is 0. The topological polar surface area (TPSA) is 39.6 Å². The van der Waals surface area contributed by atoms with Crippen molar-refractivity contribution in [1.29, 1.82) is 5.26 Å². The van der Waals surface area contributed by atoms with E-state index < -0.39 is 0 Å². The van der Waals surface area contributed by atoms with Crippen molar-refractivity contribution < 1.29 is 0 Å². The molecule has 1 aromatic heterocycles. The normalized spacial score (nSPS) is 20.2. The van der Waals surface area contributed by atoms with Crippen molar-refractivity contribution in [3.63, 3.8) is 0 Å². The Hall–Kier alpha value is -1.23. The van der Waals surface area contributed by atoms with Crippen LogP contribution in [0.2, 0.25) is 0 Å². The molecule has 14 heavy (non-hydrogen) atoms. The van der Waals surface area contributed by atoms with Crippen LogP contribution in [-0.2, 0) is 0 Å². The lowest BCUT2D eigenvalue weighted by Gasteiger charge is -2.25. The van der Waals surface area contributed by atoms with Gasteiger partial charge in [-0.2, -0.15) is 5.26 Å². The van der Waals surface area contributed by atoms with E-state index in [1.807, 2.05) is 18.5 Å². The van der Waals surface area contributed by atoms with Crippen LogP contribution in [-0.4, -0.2) is 4.98 Å². The van der Waals surface area contributed by atoms with Gasteiger partial charge in [0.05, 0.1) is 12.0 Å². The molecule has 2 nitrogen and oxygen atoms in total. The Balaban J connectivity index is 2.09. The van der Waals surface area contributed by atoms with Gasteiger partial charge in [0.1, 0.15) is 0 Å². The Morgan fingerprint density at radius 1 is 1.36 bits per heavy atom. The first-order chi connectivity index (χ1) is 6.92. The van der Waals surface area contributed by atoms with Gasteiger partial charge in [-0.15, -0.1) is 0 Å². The van der Waals surface area contributed by atoms with E-state index in [9.17, 15) is 5.26 Å². The second-order valence-electron chi connectivity index (χ2n) is 4.15. The van der Waals surface area contributed by atoms with Crippen LogP contribution in [0.4, 0.5) is 0 Å². The lowest BCUT2D eigenvalue weighted by atomic mass is 9.78. The van der Waals surface area contributed by atoms with Crippen LogP contribution < -0.4 is 0 Å². The number of nitrogens with zero attached hydrogens (tertiary/aromatic N) is 1. The molecule has 74 valence electrons. The minimum absolute atomic E-state index is 0.113. The fourth-order valence-electron chi connectivity index (χ4n) is 2.45. The van der Waals surface area contributed by atoms with Gasteiger partial charge >= 0.3 is 0 Å². The molecule has 1 heterocycles. The highest BCUT2D eigenvalue weighted by Gasteiger charge is 2.24. The first-order valence-corrected chi connectivity index (χ1v) is 5.44. The number of aromatic nitrogens is 1. The summed E-state index contributed by atoms with van der Waals surface area (Å²) in [5, 5.41) is 9.19. The molecule has 1 aromatic rings. The van der Waals surface area contributed by atoms with E-state index in [2.05, 4.69) is 11.1 Å². The van der Waals surface area contributed by atoms with Crippen LogP contribution >= 0.6 is 0 Å². The average Bonchev–Trinajstić information content (AvgIpc) is 2.74. The number of nitrogens with one attached hydrogen (secondary N) is 1. The van der Waals surface area contributed by atoms with E-state index in [4.69, 9.17) is 0 Å². The number of hydrogen-bond donors (Lipinski definition) is 1. The highest BCUT2D eigenvalue weighted by atomic mass is 14.6. The molecule has 2 rings (SSSR count). The Kier molecular flexibility index (Phi) is 2.88. The average molecular weight is 188 g/mol. The molecular weight excluding hydrogens is 172 g/mol. The molecule has 1 unspecified atom stereocenters. The summed E-state index contributed by atoms with van der Waals surface area (Å²) >= 11 is 0. The van der Waals surface area contributed by atoms with E-state index in [-0.39, 0.29) is 5.92 Å². The first-order valence-electron chi connectivity index (χ1n) is 5.44. The van der Waals surface area contributed by atoms with E-state index >= 15 is 0 Å². The lowest BCUT2D eigenvalue weighted by Crippen LogP contribution is -2.14. The molecule has 1 N–H and O–H groups in total. The van der Waals surface area contributed by atoms with Crippen molar-refractivity contribution in [2.75, 3.05) is 0 Å². The summed E-state index contributed by atoms with van der Waals surface area (Å²) in [4.78, 5) is 3.03. The summed E-state index contributed by atoms with van der Waals surface area (Å²) in [5.74, 6) is 0.700. The number of nitriles is 1. The molecular formula is C12H16N2. The molecule has 0 radical (unpaired) electrons. The molecule has 0 saturated heterocycles. The van der Waals surface area contributed by atoms with Gasteiger partial charge in [0.15, 0.2) is 0 Å². The molecule has 0 amide bonds. The molecule has 0 bridgehead atoms. The van der Waals surface area contributed by atoms with E-state index in [1.54, 1.807) is 0 Å². The Labute approximate surface area is 84.9 Å². The maximum absolute atomic E-state index is 9.19. The number of aromatic amines is 1. The largest absolute Gasteiger partial charge is 0.367 e. The van der Waals surface area contributed by atoms with Crippen LogP contribution in [0.25, 0.3) is 0 Å². The molecule has 1 atom stereocenters. The van der Waals surface area contributed by atoms with Crippen LogP contribution in [0.15, 0.2) is 18.5 Å². The minimum Gasteiger partial charge on any atom is -0.367 e. The molecule has 0 aromatic carbocycles. The summed E-state index contributed by atoms with van der Waals surface area (Å²) in [6.07, 6.45) is 10.3. The van der Waals surface area contributed by atoms with Crippen molar-refractivity contribution in [2.45, 2.75) is 38.0 Å². The zero-order chi connectivity index (χ0) is 9.80. The monoisotopic (exact) mass is 188 g/mol. The van der Waals surface area contributed by atoms with Gasteiger partial charge in [0, 0.05) is 12.4 Å². The third-order valence-corrected chi connectivity index (χ3v) is 3.24. The van der Waals surface area contributed by atoms with E-state index in [0.717, 1.165) is 0 Å². The van der Waals surface area contributed by atoms with Crippen LogP contribution in [0.5, 0.6) is 0 Å². The molecule has 1 fully saturated rings. The molecule has 0 spiro atoms. The van der Waals surface area contributed by atoms with Crippen molar-refractivity contribution in [3.05, 3.63) is 24.0 Å². The fourth-order valence-corrected chi connectivity index (χ4v) is 2.45. The zero-order valence-electron chi connectivity index (χ0n) is 8.37. The van der Waals surface area contributed by atoms with Gasteiger partial charge in [0.25, 0.3) is 0 Å². The van der Waals surface area contributed by atoms with Crippen molar-refractivity contribution in [1.82, 2.24) is 4.98 Å². The van der Waals surface area contributed by atoms with Crippen LogP contribution in [0.3, 0.4) is 0 Å². The highest BCUT2D eigenvalue weighted by Crippen LogP contribution is 2.35. The number of rotatable bonds is 2. The molecule has 2 heteroatoms. The summed E-state index contributed by atoms with van der Waals surface area (Å²) in [5.41, 5.74) is 1.17. The maximum atomic E-state index is 9.19. The standard InChI is InChI=1S/C12H16N2/c13-8-12(11-6-7-14-9-11)10-4-2-1-3-5-10/h6-7,9-10,12,14H,1-5H2. The quantitative estimate of drug-likeness (QED) is 0.760. The third kappa shape index (κ3) is 1.82. The lowest BCUT2D eigenvalue weighted by molar-refractivity contribution is 0.336. The minimum atomic E-state index is 0.113.